The number of hydrogen-bond acceptors (Lipinski definition) is 5. The monoisotopic (exact) mass is 321 g/mol. The molecule has 5 nitrogen and oxygen atoms in total. The number of nitrogens with zero attached hydrogens (tertiary/aromatic N) is 3. The van der Waals surface area contributed by atoms with Crippen LogP contribution in [0.25, 0.3) is 10.9 Å². The molecule has 2 aromatic carbocycles. The van der Waals surface area contributed by atoms with Crippen molar-refractivity contribution in [1.29, 1.82) is 0 Å². The largest absolute Gasteiger partial charge is 0.506 e. The van der Waals surface area contributed by atoms with E-state index in [1.807, 2.05) is 42.5 Å². The summed E-state index contributed by atoms with van der Waals surface area (Å²) in [7, 11) is 0. The van der Waals surface area contributed by atoms with Crippen molar-refractivity contribution < 1.29 is 10.2 Å². The van der Waals surface area contributed by atoms with Gasteiger partial charge in [0.25, 0.3) is 0 Å². The third-order valence-corrected chi connectivity index (χ3v) is 4.51. The first kappa shape index (κ1) is 14.6. The lowest BCUT2D eigenvalue weighted by molar-refractivity contribution is 0.472. The molecule has 0 atom stereocenters. The van der Waals surface area contributed by atoms with Crippen molar-refractivity contribution in [1.82, 2.24) is 4.98 Å². The van der Waals surface area contributed by atoms with Gasteiger partial charge >= 0.3 is 0 Å². The van der Waals surface area contributed by atoms with E-state index in [-0.39, 0.29) is 5.75 Å². The lowest BCUT2D eigenvalue weighted by atomic mass is 10.2. The highest BCUT2D eigenvalue weighted by Crippen LogP contribution is 2.29. The number of rotatable bonds is 2. The van der Waals surface area contributed by atoms with Gasteiger partial charge < -0.3 is 20.0 Å². The number of phenolic OH excluding ortho intramolecular Hbond substituents is 2. The third-order valence-electron chi connectivity index (χ3n) is 4.51. The number of para-hydroxylation sites is 3. The molecule has 1 aliphatic rings. The molecular formula is C19H19N3O2. The van der Waals surface area contributed by atoms with E-state index in [0.29, 0.717) is 11.3 Å². The Morgan fingerprint density at radius 3 is 2.21 bits per heavy atom. The Labute approximate surface area is 140 Å². The van der Waals surface area contributed by atoms with Crippen LogP contribution in [-0.2, 0) is 0 Å². The number of pyridine rings is 1. The van der Waals surface area contributed by atoms with Crippen molar-refractivity contribution in [3.8, 4) is 11.5 Å². The van der Waals surface area contributed by atoms with Gasteiger partial charge in [-0.1, -0.05) is 24.3 Å². The number of fused-ring (bicyclic) bond motifs is 1. The molecule has 1 fully saturated rings. The maximum Gasteiger partial charge on any atom is 0.141 e. The van der Waals surface area contributed by atoms with Crippen LogP contribution in [0, 0.1) is 0 Å². The van der Waals surface area contributed by atoms with Gasteiger partial charge in [0, 0.05) is 31.6 Å². The minimum Gasteiger partial charge on any atom is -0.506 e. The van der Waals surface area contributed by atoms with E-state index in [1.165, 1.54) is 0 Å². The lowest BCUT2D eigenvalue weighted by Gasteiger charge is -2.37. The summed E-state index contributed by atoms with van der Waals surface area (Å²) in [5, 5.41) is 20.9. The molecule has 1 aromatic heterocycles. The molecule has 1 aliphatic heterocycles. The summed E-state index contributed by atoms with van der Waals surface area (Å²) in [4.78, 5) is 9.02. The maximum atomic E-state index is 10.00. The number of phenols is 2. The fraction of sp³-hybridized carbons (Fsp3) is 0.211. The molecule has 122 valence electrons. The Morgan fingerprint density at radius 1 is 0.708 bits per heavy atom. The van der Waals surface area contributed by atoms with Crippen molar-refractivity contribution in [2.45, 2.75) is 0 Å². The van der Waals surface area contributed by atoms with Gasteiger partial charge in [-0.15, -0.1) is 0 Å². The summed E-state index contributed by atoms with van der Waals surface area (Å²) < 4.78 is 0. The minimum absolute atomic E-state index is 0.210. The van der Waals surface area contributed by atoms with Crippen LogP contribution in [-0.4, -0.2) is 41.4 Å². The van der Waals surface area contributed by atoms with E-state index >= 15 is 0 Å². The third kappa shape index (κ3) is 2.58. The van der Waals surface area contributed by atoms with Crippen LogP contribution in [0.15, 0.2) is 54.6 Å². The predicted octanol–water partition coefficient (Wildman–Crippen LogP) is 2.97. The van der Waals surface area contributed by atoms with Crippen molar-refractivity contribution in [2.24, 2.45) is 0 Å². The molecule has 0 radical (unpaired) electrons. The van der Waals surface area contributed by atoms with Crippen LogP contribution < -0.4 is 9.80 Å². The van der Waals surface area contributed by atoms with Crippen LogP contribution in [0.3, 0.4) is 0 Å². The van der Waals surface area contributed by atoms with E-state index in [9.17, 15) is 10.2 Å². The molecule has 4 rings (SSSR count). The standard InChI is InChI=1S/C19H19N3O2/c23-16-6-2-1-5-15(16)21-10-12-22(13-11-21)18-9-8-14-4-3-7-17(24)19(14)20-18/h1-9,23-24H,10-13H2. The second-order valence-corrected chi connectivity index (χ2v) is 5.98. The van der Waals surface area contributed by atoms with Crippen molar-refractivity contribution >= 4 is 22.4 Å². The van der Waals surface area contributed by atoms with Gasteiger partial charge in [-0.25, -0.2) is 4.98 Å². The zero-order valence-corrected chi connectivity index (χ0v) is 13.3. The number of hydrogen-bond donors (Lipinski definition) is 2. The molecule has 24 heavy (non-hydrogen) atoms. The fourth-order valence-electron chi connectivity index (χ4n) is 3.21. The molecule has 0 amide bonds. The summed E-state index contributed by atoms with van der Waals surface area (Å²) in [5.41, 5.74) is 1.51. The van der Waals surface area contributed by atoms with Crippen LogP contribution in [0.2, 0.25) is 0 Å². The number of aromatic nitrogens is 1. The Hall–Kier alpha value is -2.95. The van der Waals surface area contributed by atoms with Crippen LogP contribution in [0.4, 0.5) is 11.5 Å². The van der Waals surface area contributed by atoms with Crippen molar-refractivity contribution in [2.75, 3.05) is 36.0 Å². The lowest BCUT2D eigenvalue weighted by Crippen LogP contribution is -2.46. The van der Waals surface area contributed by atoms with Gasteiger partial charge in [0.1, 0.15) is 22.8 Å². The number of benzene rings is 2. The molecule has 2 heterocycles. The molecule has 0 spiro atoms. The smallest absolute Gasteiger partial charge is 0.141 e. The molecule has 0 unspecified atom stereocenters. The van der Waals surface area contributed by atoms with E-state index in [1.54, 1.807) is 12.1 Å². The Morgan fingerprint density at radius 2 is 1.42 bits per heavy atom. The summed E-state index contributed by atoms with van der Waals surface area (Å²) in [6.45, 7) is 3.27. The summed E-state index contributed by atoms with van der Waals surface area (Å²) in [6.07, 6.45) is 0. The molecule has 1 saturated heterocycles. The highest BCUT2D eigenvalue weighted by Gasteiger charge is 2.20. The normalized spacial score (nSPS) is 15.0. The average Bonchev–Trinajstić information content (AvgIpc) is 2.63. The van der Waals surface area contributed by atoms with Gasteiger partial charge in [0.2, 0.25) is 0 Å². The molecule has 0 aliphatic carbocycles. The Kier molecular flexibility index (Phi) is 3.61. The minimum atomic E-state index is 0.210. The molecule has 0 bridgehead atoms. The molecule has 2 N–H and O–H groups in total. The Balaban J connectivity index is 1.54. The highest BCUT2D eigenvalue weighted by molar-refractivity contribution is 5.85. The van der Waals surface area contributed by atoms with E-state index in [4.69, 9.17) is 0 Å². The van der Waals surface area contributed by atoms with Gasteiger partial charge in [-0.2, -0.15) is 0 Å². The van der Waals surface area contributed by atoms with Gasteiger partial charge in [0.05, 0.1) is 5.69 Å². The zero-order chi connectivity index (χ0) is 16.5. The second kappa shape index (κ2) is 5.92. The summed E-state index contributed by atoms with van der Waals surface area (Å²) in [6, 6.07) is 16.9. The first-order chi connectivity index (χ1) is 11.7. The first-order valence-corrected chi connectivity index (χ1v) is 8.09. The molecule has 0 saturated carbocycles. The fourth-order valence-corrected chi connectivity index (χ4v) is 3.21. The van der Waals surface area contributed by atoms with Crippen LogP contribution in [0.1, 0.15) is 0 Å². The second-order valence-electron chi connectivity index (χ2n) is 5.98. The number of piperazine rings is 1. The van der Waals surface area contributed by atoms with E-state index in [0.717, 1.165) is 43.1 Å². The zero-order valence-electron chi connectivity index (χ0n) is 13.3. The van der Waals surface area contributed by atoms with Gasteiger partial charge in [0.15, 0.2) is 0 Å². The topological polar surface area (TPSA) is 59.8 Å². The number of aromatic hydroxyl groups is 2. The predicted molar refractivity (Wildman–Crippen MR) is 95.9 cm³/mol. The maximum absolute atomic E-state index is 10.00. The van der Waals surface area contributed by atoms with Crippen molar-refractivity contribution in [3.05, 3.63) is 54.6 Å². The van der Waals surface area contributed by atoms with Crippen LogP contribution in [0.5, 0.6) is 11.5 Å². The summed E-state index contributed by atoms with van der Waals surface area (Å²) >= 11 is 0. The summed E-state index contributed by atoms with van der Waals surface area (Å²) in [5.74, 6) is 1.41. The first-order valence-electron chi connectivity index (χ1n) is 8.09. The molecule has 3 aromatic rings. The molecular weight excluding hydrogens is 302 g/mol. The van der Waals surface area contributed by atoms with E-state index < -0.39 is 0 Å². The van der Waals surface area contributed by atoms with E-state index in [2.05, 4.69) is 14.8 Å². The Bertz CT molecular complexity index is 873. The molecule has 5 heteroatoms. The van der Waals surface area contributed by atoms with Crippen LogP contribution >= 0.6 is 0 Å². The SMILES string of the molecule is Oc1ccccc1N1CCN(c2ccc3cccc(O)c3n2)CC1. The quantitative estimate of drug-likeness (QED) is 0.760. The van der Waals surface area contributed by atoms with Gasteiger partial charge in [-0.05, 0) is 30.3 Å². The van der Waals surface area contributed by atoms with Gasteiger partial charge in [-0.3, -0.25) is 0 Å². The van der Waals surface area contributed by atoms with Crippen molar-refractivity contribution in [3.63, 3.8) is 0 Å². The average molecular weight is 321 g/mol. The number of anilines is 2. The highest BCUT2D eigenvalue weighted by atomic mass is 16.3.